The standard InChI is InChI=1S/C14H13P.C12H10N2O2.Ni/c1-2-15(13-9-5-3-6-10-13)14-11-7-4-8-12-14;15-11-7-3-1-5-9(11)13-14-10-6-2-4-8-12(10)16;/h2-12H,1H2;1-8,15-16H;/p+1. The van der Waals surface area contributed by atoms with E-state index in [0.29, 0.717) is 11.4 Å². The van der Waals surface area contributed by atoms with Crippen LogP contribution in [0.25, 0.3) is 0 Å². The number of benzene rings is 4. The molecule has 2 N–H and O–H groups in total. The zero-order valence-electron chi connectivity index (χ0n) is 17.3. The summed E-state index contributed by atoms with van der Waals surface area (Å²) in [5, 5.41) is 29.4. The maximum Gasteiger partial charge on any atom is 0.143 e. The zero-order valence-corrected chi connectivity index (χ0v) is 19.3. The van der Waals surface area contributed by atoms with Crippen LogP contribution in [0.4, 0.5) is 11.4 Å². The number of aromatic hydroxyl groups is 2. The molecule has 0 saturated heterocycles. The molecule has 0 aliphatic carbocycles. The van der Waals surface area contributed by atoms with Gasteiger partial charge in [-0.2, -0.15) is 0 Å². The molecule has 4 aromatic rings. The van der Waals surface area contributed by atoms with E-state index in [-0.39, 0.29) is 28.0 Å². The van der Waals surface area contributed by atoms with Crippen molar-refractivity contribution in [2.75, 3.05) is 0 Å². The monoisotopic (exact) mass is 485 g/mol. The number of nitrogens with zero attached hydrogens (tertiary/aromatic N) is 2. The quantitative estimate of drug-likeness (QED) is 0.192. The molecule has 4 nitrogen and oxygen atoms in total. The van der Waals surface area contributed by atoms with Gasteiger partial charge >= 0.3 is 0 Å². The van der Waals surface area contributed by atoms with Crippen LogP contribution < -0.4 is 10.6 Å². The number of phenols is 2. The van der Waals surface area contributed by atoms with E-state index in [1.807, 2.05) is 0 Å². The molecule has 0 amide bonds. The molecule has 4 rings (SSSR count). The van der Waals surface area contributed by atoms with E-state index in [9.17, 15) is 10.2 Å². The Morgan fingerprint density at radius 1 is 0.562 bits per heavy atom. The van der Waals surface area contributed by atoms with E-state index in [0.717, 1.165) is 0 Å². The van der Waals surface area contributed by atoms with Crippen LogP contribution in [-0.2, 0) is 16.5 Å². The van der Waals surface area contributed by atoms with Crippen LogP contribution in [0.3, 0.4) is 0 Å². The first-order valence-electron chi connectivity index (χ1n) is 9.77. The van der Waals surface area contributed by atoms with Crippen molar-refractivity contribution in [3.63, 3.8) is 0 Å². The van der Waals surface area contributed by atoms with Gasteiger partial charge in [-0.05, 0) is 48.5 Å². The van der Waals surface area contributed by atoms with Gasteiger partial charge in [0.1, 0.15) is 33.5 Å². The van der Waals surface area contributed by atoms with Crippen LogP contribution in [0.15, 0.2) is 132 Å². The number of azo groups is 1. The number of hydrogen-bond acceptors (Lipinski definition) is 4. The van der Waals surface area contributed by atoms with Gasteiger partial charge in [0.2, 0.25) is 0 Å². The first-order chi connectivity index (χ1) is 15.2. The molecular formula is C26H24N2NiO2P+. The van der Waals surface area contributed by atoms with Crippen molar-refractivity contribution in [3.8, 4) is 11.5 Å². The predicted molar refractivity (Wildman–Crippen MR) is 131 cm³/mol. The van der Waals surface area contributed by atoms with Crippen LogP contribution in [0.5, 0.6) is 11.5 Å². The Morgan fingerprint density at radius 3 is 1.25 bits per heavy atom. The van der Waals surface area contributed by atoms with Crippen LogP contribution in [0, 0.1) is 0 Å². The molecule has 4 aromatic carbocycles. The molecule has 0 radical (unpaired) electrons. The SMILES string of the molecule is C=C[PH+](c1ccccc1)c1ccccc1.Oc1ccccc1N=Nc1ccccc1O.[Ni]. The number of rotatable bonds is 5. The minimum Gasteiger partial charge on any atom is -0.506 e. The molecule has 0 aliphatic rings. The summed E-state index contributed by atoms with van der Waals surface area (Å²) in [7, 11) is -0.775. The summed E-state index contributed by atoms with van der Waals surface area (Å²) in [6.07, 6.45) is 0. The molecular weight excluding hydrogens is 462 g/mol. The summed E-state index contributed by atoms with van der Waals surface area (Å²) in [5.74, 6) is 2.21. The third kappa shape index (κ3) is 7.16. The summed E-state index contributed by atoms with van der Waals surface area (Å²) >= 11 is 0. The van der Waals surface area contributed by atoms with Crippen molar-refractivity contribution in [2.45, 2.75) is 0 Å². The summed E-state index contributed by atoms with van der Waals surface area (Å²) in [6, 6.07) is 34.4. The number of hydrogen-bond donors (Lipinski definition) is 2. The third-order valence-corrected chi connectivity index (χ3v) is 6.72. The van der Waals surface area contributed by atoms with Crippen molar-refractivity contribution in [3.05, 3.63) is 122 Å². The summed E-state index contributed by atoms with van der Waals surface area (Å²) in [6.45, 7) is 3.96. The first kappa shape index (κ1) is 25.0. The number of para-hydroxylation sites is 2. The second kappa shape index (κ2) is 13.2. The van der Waals surface area contributed by atoms with E-state index in [1.165, 1.54) is 22.7 Å². The smallest absolute Gasteiger partial charge is 0.143 e. The average Bonchev–Trinajstić information content (AvgIpc) is 2.82. The van der Waals surface area contributed by atoms with Crippen molar-refractivity contribution < 1.29 is 26.7 Å². The molecule has 6 heteroatoms. The van der Waals surface area contributed by atoms with Gasteiger partial charge in [0, 0.05) is 16.5 Å². The summed E-state index contributed by atoms with van der Waals surface area (Å²) in [5.41, 5.74) is 0.733. The molecule has 0 unspecified atom stereocenters. The predicted octanol–water partition coefficient (Wildman–Crippen LogP) is 6.51. The van der Waals surface area contributed by atoms with Crippen LogP contribution in [0.2, 0.25) is 0 Å². The molecule has 0 aliphatic heterocycles. The molecule has 0 fully saturated rings. The minimum absolute atomic E-state index is 0. The van der Waals surface area contributed by atoms with Gasteiger partial charge in [-0.3, -0.25) is 0 Å². The third-order valence-electron chi connectivity index (χ3n) is 4.40. The molecule has 0 aromatic heterocycles. The topological polar surface area (TPSA) is 65.2 Å². The Bertz CT molecular complexity index is 1050. The number of phenolic OH excluding ortho intramolecular Hbond substituents is 2. The van der Waals surface area contributed by atoms with Crippen molar-refractivity contribution >= 4 is 29.9 Å². The molecule has 0 atom stereocenters. The molecule has 0 heterocycles. The largest absolute Gasteiger partial charge is 0.506 e. The van der Waals surface area contributed by atoms with E-state index in [1.54, 1.807) is 36.4 Å². The normalized spacial score (nSPS) is 10.2. The summed E-state index contributed by atoms with van der Waals surface area (Å²) in [4.78, 5) is 0. The maximum atomic E-state index is 9.44. The molecule has 0 spiro atoms. The van der Waals surface area contributed by atoms with Crippen LogP contribution >= 0.6 is 7.92 Å². The molecule has 164 valence electrons. The Labute approximate surface area is 199 Å². The Kier molecular flexibility index (Phi) is 10.3. The minimum atomic E-state index is -0.775. The fourth-order valence-corrected chi connectivity index (χ4v) is 4.75. The van der Waals surface area contributed by atoms with Gasteiger partial charge in [-0.25, -0.2) is 0 Å². The fourth-order valence-electron chi connectivity index (χ4n) is 2.84. The van der Waals surface area contributed by atoms with Crippen LogP contribution in [0.1, 0.15) is 0 Å². The van der Waals surface area contributed by atoms with Crippen molar-refractivity contribution in [1.29, 1.82) is 0 Å². The van der Waals surface area contributed by atoms with Crippen LogP contribution in [-0.4, -0.2) is 10.2 Å². The van der Waals surface area contributed by atoms with E-state index in [4.69, 9.17) is 0 Å². The summed E-state index contributed by atoms with van der Waals surface area (Å²) < 4.78 is 0. The van der Waals surface area contributed by atoms with Gasteiger partial charge in [0.15, 0.2) is 0 Å². The molecule has 0 saturated carbocycles. The Hall–Kier alpha value is -3.26. The van der Waals surface area contributed by atoms with Gasteiger partial charge in [0.25, 0.3) is 0 Å². The Morgan fingerprint density at radius 2 is 0.906 bits per heavy atom. The van der Waals surface area contributed by atoms with Gasteiger partial charge in [0.05, 0.1) is 13.7 Å². The van der Waals surface area contributed by atoms with E-state index < -0.39 is 7.92 Å². The first-order valence-corrected chi connectivity index (χ1v) is 11.3. The average molecular weight is 486 g/mol. The zero-order chi connectivity index (χ0) is 21.9. The van der Waals surface area contributed by atoms with Crippen molar-refractivity contribution in [1.82, 2.24) is 0 Å². The second-order valence-electron chi connectivity index (χ2n) is 6.53. The van der Waals surface area contributed by atoms with Gasteiger partial charge in [-0.15, -0.1) is 10.2 Å². The van der Waals surface area contributed by atoms with Gasteiger partial charge < -0.3 is 10.2 Å². The van der Waals surface area contributed by atoms with Crippen molar-refractivity contribution in [2.24, 2.45) is 10.2 Å². The molecule has 0 bridgehead atoms. The maximum absolute atomic E-state index is 9.44. The van der Waals surface area contributed by atoms with E-state index >= 15 is 0 Å². The second-order valence-corrected chi connectivity index (χ2v) is 8.92. The van der Waals surface area contributed by atoms with E-state index in [2.05, 4.69) is 83.3 Å². The Balaban J connectivity index is 0.000000220. The fraction of sp³-hybridized carbons (Fsp3) is 0. The molecule has 32 heavy (non-hydrogen) atoms. The van der Waals surface area contributed by atoms with Gasteiger partial charge in [-0.1, -0.05) is 67.2 Å².